The van der Waals surface area contributed by atoms with Crippen molar-refractivity contribution in [1.82, 2.24) is 10.6 Å². The van der Waals surface area contributed by atoms with Gasteiger partial charge in [-0.3, -0.25) is 9.59 Å². The van der Waals surface area contributed by atoms with Crippen LogP contribution in [0.5, 0.6) is 0 Å². The Hall–Kier alpha value is -2.79. The molecule has 4 amide bonds. The molecule has 1 saturated heterocycles. The van der Waals surface area contributed by atoms with Gasteiger partial charge in [-0.2, -0.15) is 0 Å². The number of hydrogen-bond acceptors (Lipinski definition) is 5. The number of alkyl halides is 2. The summed E-state index contributed by atoms with van der Waals surface area (Å²) < 4.78 is 32.1. The maximum Gasteiger partial charge on any atom is 0.315 e. The molecule has 0 spiro atoms. The van der Waals surface area contributed by atoms with Crippen LogP contribution in [0.2, 0.25) is 0 Å². The molecule has 0 aliphatic carbocycles. The summed E-state index contributed by atoms with van der Waals surface area (Å²) in [7, 11) is 0. The molecule has 1 aromatic rings. The molecule has 28 heavy (non-hydrogen) atoms. The quantitative estimate of drug-likeness (QED) is 0.533. The number of halogens is 2. The highest BCUT2D eigenvalue weighted by atomic mass is 19.3. The van der Waals surface area contributed by atoms with Gasteiger partial charge in [0.2, 0.25) is 5.91 Å². The van der Waals surface area contributed by atoms with Gasteiger partial charge in [0.05, 0.1) is 6.61 Å². The van der Waals surface area contributed by atoms with Gasteiger partial charge in [-0.25, -0.2) is 13.6 Å². The Labute approximate surface area is 160 Å². The van der Waals surface area contributed by atoms with E-state index in [1.807, 2.05) is 0 Å². The third-order valence-corrected chi connectivity index (χ3v) is 4.02. The molecule has 1 fully saturated rings. The lowest BCUT2D eigenvalue weighted by molar-refractivity contribution is -0.125. The van der Waals surface area contributed by atoms with Gasteiger partial charge < -0.3 is 31.3 Å². The number of hydrogen-bond donors (Lipinski definition) is 4. The Morgan fingerprint density at radius 3 is 2.71 bits per heavy atom. The lowest BCUT2D eigenvalue weighted by Gasteiger charge is -2.27. The molecule has 5 N–H and O–H groups in total. The van der Waals surface area contributed by atoms with E-state index < -0.39 is 30.0 Å². The van der Waals surface area contributed by atoms with Crippen molar-refractivity contribution >= 4 is 29.2 Å². The number of anilines is 2. The first-order valence-corrected chi connectivity index (χ1v) is 8.72. The zero-order chi connectivity index (χ0) is 20.7. The van der Waals surface area contributed by atoms with Crippen LogP contribution in [0.15, 0.2) is 18.2 Å². The van der Waals surface area contributed by atoms with Crippen LogP contribution >= 0.6 is 0 Å². The topological polar surface area (TPSA) is 126 Å². The van der Waals surface area contributed by atoms with Crippen LogP contribution in [0.4, 0.5) is 25.0 Å². The van der Waals surface area contributed by atoms with E-state index in [0.717, 1.165) is 6.07 Å². The Morgan fingerprint density at radius 1 is 1.36 bits per heavy atom. The fourth-order valence-electron chi connectivity index (χ4n) is 2.62. The van der Waals surface area contributed by atoms with Gasteiger partial charge in [0.15, 0.2) is 0 Å². The van der Waals surface area contributed by atoms with Crippen molar-refractivity contribution < 1.29 is 27.9 Å². The molecule has 0 bridgehead atoms. The highest BCUT2D eigenvalue weighted by molar-refractivity contribution is 5.99. The monoisotopic (exact) mass is 399 g/mol. The lowest BCUT2D eigenvalue weighted by atomic mass is 10.1. The van der Waals surface area contributed by atoms with Crippen LogP contribution in [-0.2, 0) is 14.3 Å². The number of nitrogens with one attached hydrogen (secondary N) is 3. The second-order valence-electron chi connectivity index (χ2n) is 5.95. The summed E-state index contributed by atoms with van der Waals surface area (Å²) in [4.78, 5) is 37.2. The summed E-state index contributed by atoms with van der Waals surface area (Å²) in [6.45, 7) is 2.27. The number of rotatable bonds is 7. The van der Waals surface area contributed by atoms with Gasteiger partial charge in [-0.05, 0) is 25.1 Å². The van der Waals surface area contributed by atoms with E-state index in [1.165, 1.54) is 17.0 Å². The smallest absolute Gasteiger partial charge is 0.315 e. The SMILES string of the molecule is CCNC(=O)N[C@@H](CN)C(=O)Nc1ccc(N2CCOCC2=O)cc1C(F)F. The van der Waals surface area contributed by atoms with E-state index in [0.29, 0.717) is 13.2 Å². The van der Waals surface area contributed by atoms with E-state index in [1.54, 1.807) is 6.92 Å². The molecule has 1 aromatic carbocycles. The first kappa shape index (κ1) is 21.5. The molecule has 1 heterocycles. The number of carbonyl (C=O) groups is 3. The normalized spacial score (nSPS) is 15.3. The van der Waals surface area contributed by atoms with Gasteiger partial charge in [0.25, 0.3) is 12.3 Å². The Kier molecular flexibility index (Phi) is 7.64. The number of ether oxygens (including phenoxy) is 1. The Morgan fingerprint density at radius 2 is 2.11 bits per heavy atom. The van der Waals surface area contributed by atoms with Crippen LogP contribution in [-0.4, -0.2) is 56.7 Å². The van der Waals surface area contributed by atoms with Crippen molar-refractivity contribution in [2.45, 2.75) is 19.4 Å². The standard InChI is InChI=1S/C17H23F2N5O4/c1-2-21-17(27)23-13(8-20)16(26)22-12-4-3-10(7-11(12)15(18)19)24-5-6-28-9-14(24)25/h3-4,7,13,15H,2,5-6,8-9,20H2,1H3,(H,22,26)(H2,21,23,27)/t13-/m0/s1. The summed E-state index contributed by atoms with van der Waals surface area (Å²) in [5.41, 5.74) is 5.22. The number of nitrogens with zero attached hydrogens (tertiary/aromatic N) is 1. The molecule has 0 unspecified atom stereocenters. The van der Waals surface area contributed by atoms with Crippen molar-refractivity contribution in [3.63, 3.8) is 0 Å². The van der Waals surface area contributed by atoms with Crippen LogP contribution < -0.4 is 26.6 Å². The van der Waals surface area contributed by atoms with E-state index in [2.05, 4.69) is 16.0 Å². The second kappa shape index (κ2) is 9.95. The van der Waals surface area contributed by atoms with Crippen LogP contribution in [0.3, 0.4) is 0 Å². The average Bonchev–Trinajstić information content (AvgIpc) is 2.67. The number of nitrogens with two attached hydrogens (primary N) is 1. The van der Waals surface area contributed by atoms with Crippen molar-refractivity contribution in [3.8, 4) is 0 Å². The van der Waals surface area contributed by atoms with Gasteiger partial charge >= 0.3 is 6.03 Å². The largest absolute Gasteiger partial charge is 0.370 e. The molecular weight excluding hydrogens is 376 g/mol. The van der Waals surface area contributed by atoms with Gasteiger partial charge in [0, 0.05) is 36.6 Å². The fraction of sp³-hybridized carbons (Fsp3) is 0.471. The minimum Gasteiger partial charge on any atom is -0.370 e. The van der Waals surface area contributed by atoms with Gasteiger partial charge in [0.1, 0.15) is 12.6 Å². The Balaban J connectivity index is 2.18. The van der Waals surface area contributed by atoms with Crippen molar-refractivity contribution in [2.75, 3.05) is 43.1 Å². The molecule has 0 aromatic heterocycles. The van der Waals surface area contributed by atoms with Crippen molar-refractivity contribution in [2.24, 2.45) is 5.73 Å². The third kappa shape index (κ3) is 5.36. The summed E-state index contributed by atoms with van der Waals surface area (Å²) in [5, 5.41) is 7.18. The molecule has 0 saturated carbocycles. The molecule has 1 aliphatic heterocycles. The van der Waals surface area contributed by atoms with Crippen molar-refractivity contribution in [1.29, 1.82) is 0 Å². The third-order valence-electron chi connectivity index (χ3n) is 4.02. The molecular formula is C17H23F2N5O4. The maximum atomic E-state index is 13.5. The number of benzene rings is 1. The predicted octanol–water partition coefficient (Wildman–Crippen LogP) is 0.572. The number of amides is 4. The number of carbonyl (C=O) groups excluding carboxylic acids is 3. The van der Waals surface area contributed by atoms with E-state index >= 15 is 0 Å². The van der Waals surface area contributed by atoms with Crippen LogP contribution in [0.1, 0.15) is 18.9 Å². The number of morpholine rings is 1. The van der Waals surface area contributed by atoms with E-state index in [-0.39, 0.29) is 37.0 Å². The number of urea groups is 1. The van der Waals surface area contributed by atoms with Gasteiger partial charge in [-0.15, -0.1) is 0 Å². The van der Waals surface area contributed by atoms with Crippen molar-refractivity contribution in [3.05, 3.63) is 23.8 Å². The average molecular weight is 399 g/mol. The zero-order valence-electron chi connectivity index (χ0n) is 15.3. The minimum absolute atomic E-state index is 0.119. The summed E-state index contributed by atoms with van der Waals surface area (Å²) in [6.07, 6.45) is -2.89. The molecule has 1 aliphatic rings. The minimum atomic E-state index is -2.89. The molecule has 9 nitrogen and oxygen atoms in total. The lowest BCUT2D eigenvalue weighted by Crippen LogP contribution is -2.51. The first-order chi connectivity index (χ1) is 13.4. The molecule has 11 heteroatoms. The fourth-order valence-corrected chi connectivity index (χ4v) is 2.62. The molecule has 2 rings (SSSR count). The van der Waals surface area contributed by atoms with Crippen LogP contribution in [0, 0.1) is 0 Å². The molecule has 0 radical (unpaired) electrons. The molecule has 154 valence electrons. The van der Waals surface area contributed by atoms with Gasteiger partial charge in [-0.1, -0.05) is 0 Å². The summed E-state index contributed by atoms with van der Waals surface area (Å²) in [5.74, 6) is -1.07. The highest BCUT2D eigenvalue weighted by Gasteiger charge is 2.25. The van der Waals surface area contributed by atoms with E-state index in [9.17, 15) is 23.2 Å². The summed E-state index contributed by atoms with van der Waals surface area (Å²) >= 11 is 0. The second-order valence-corrected chi connectivity index (χ2v) is 5.95. The predicted molar refractivity (Wildman–Crippen MR) is 98.3 cm³/mol. The van der Waals surface area contributed by atoms with E-state index in [4.69, 9.17) is 10.5 Å². The zero-order valence-corrected chi connectivity index (χ0v) is 15.3. The summed E-state index contributed by atoms with van der Waals surface area (Å²) in [6, 6.07) is 2.20. The Bertz CT molecular complexity index is 731. The maximum absolute atomic E-state index is 13.5. The highest BCUT2D eigenvalue weighted by Crippen LogP contribution is 2.31. The van der Waals surface area contributed by atoms with Crippen LogP contribution in [0.25, 0.3) is 0 Å². The molecule has 1 atom stereocenters. The first-order valence-electron chi connectivity index (χ1n) is 8.72.